The normalized spacial score (nSPS) is 17.9. The minimum absolute atomic E-state index is 0.0668. The van der Waals surface area contributed by atoms with Crippen molar-refractivity contribution < 1.29 is 30.7 Å². The minimum atomic E-state index is -5.10. The molecule has 2 N–H and O–H groups in total. The summed E-state index contributed by atoms with van der Waals surface area (Å²) in [6, 6.07) is -1.28. The van der Waals surface area contributed by atoms with E-state index in [1.54, 1.807) is 0 Å². The molecular formula is C13H12F7N. The molecule has 1 aliphatic carbocycles. The summed E-state index contributed by atoms with van der Waals surface area (Å²) in [7, 11) is 0. The fourth-order valence-electron chi connectivity index (χ4n) is 2.22. The number of alkyl halides is 6. The number of hydrogen-bond acceptors (Lipinski definition) is 1. The third-order valence-electron chi connectivity index (χ3n) is 3.42. The molecule has 0 heterocycles. The maximum absolute atomic E-state index is 13.8. The van der Waals surface area contributed by atoms with Crippen LogP contribution in [0, 0.1) is 11.7 Å². The Kier molecular flexibility index (Phi) is 3.94. The number of benzene rings is 1. The summed E-state index contributed by atoms with van der Waals surface area (Å²) in [5.41, 5.74) is 1.36. The van der Waals surface area contributed by atoms with Gasteiger partial charge in [0.15, 0.2) is 0 Å². The second-order valence-electron chi connectivity index (χ2n) is 5.20. The first-order chi connectivity index (χ1) is 9.50. The summed E-state index contributed by atoms with van der Waals surface area (Å²) < 4.78 is 90.1. The summed E-state index contributed by atoms with van der Waals surface area (Å²) in [5.74, 6) is -1.45. The summed E-state index contributed by atoms with van der Waals surface area (Å²) in [4.78, 5) is 0. The number of halogens is 7. The minimum Gasteiger partial charge on any atom is -0.324 e. The molecule has 0 bridgehead atoms. The molecule has 0 aliphatic heterocycles. The molecule has 0 aromatic heterocycles. The van der Waals surface area contributed by atoms with Crippen molar-refractivity contribution in [3.05, 3.63) is 34.6 Å². The molecule has 1 aliphatic rings. The van der Waals surface area contributed by atoms with Gasteiger partial charge >= 0.3 is 12.4 Å². The van der Waals surface area contributed by atoms with Crippen molar-refractivity contribution in [2.45, 2.75) is 37.7 Å². The predicted octanol–water partition coefficient (Wildman–Crippen LogP) is 4.66. The standard InChI is InChI=1S/C13H12F7N/c14-9-5-7(12(15,16)17)4-8(13(18,19)20)11(9)10(21)3-6-1-2-6/h4-6,10H,1-3,21H2/t10-/m1/s1. The molecule has 1 fully saturated rings. The molecule has 0 amide bonds. The first-order valence-electron chi connectivity index (χ1n) is 6.23. The van der Waals surface area contributed by atoms with Crippen LogP contribution in [0.1, 0.15) is 42.0 Å². The van der Waals surface area contributed by atoms with Crippen molar-refractivity contribution in [3.63, 3.8) is 0 Å². The molecule has 0 spiro atoms. The van der Waals surface area contributed by atoms with E-state index >= 15 is 0 Å². The third-order valence-corrected chi connectivity index (χ3v) is 3.42. The highest BCUT2D eigenvalue weighted by Crippen LogP contribution is 2.43. The van der Waals surface area contributed by atoms with Gasteiger partial charge in [0.1, 0.15) is 5.82 Å². The van der Waals surface area contributed by atoms with Crippen LogP contribution in [0.25, 0.3) is 0 Å². The zero-order chi connectivity index (χ0) is 16.0. The average Bonchev–Trinajstić information content (AvgIpc) is 3.09. The lowest BCUT2D eigenvalue weighted by Crippen LogP contribution is -2.21. The van der Waals surface area contributed by atoms with E-state index in [0.29, 0.717) is 0 Å². The SMILES string of the molecule is N[C@H](CC1CC1)c1c(F)cc(C(F)(F)F)cc1C(F)(F)F. The van der Waals surface area contributed by atoms with Crippen LogP contribution in [0.3, 0.4) is 0 Å². The summed E-state index contributed by atoms with van der Waals surface area (Å²) in [5, 5.41) is 0. The molecule has 21 heavy (non-hydrogen) atoms. The maximum atomic E-state index is 13.8. The van der Waals surface area contributed by atoms with Crippen molar-refractivity contribution in [2.24, 2.45) is 11.7 Å². The van der Waals surface area contributed by atoms with E-state index in [0.717, 1.165) is 12.8 Å². The van der Waals surface area contributed by atoms with Gasteiger partial charge in [0.2, 0.25) is 0 Å². The molecule has 0 radical (unpaired) electrons. The maximum Gasteiger partial charge on any atom is 0.416 e. The van der Waals surface area contributed by atoms with Crippen LogP contribution in [0.15, 0.2) is 12.1 Å². The second-order valence-corrected chi connectivity index (χ2v) is 5.20. The van der Waals surface area contributed by atoms with E-state index in [4.69, 9.17) is 5.73 Å². The molecule has 118 valence electrons. The van der Waals surface area contributed by atoms with Gasteiger partial charge in [0.05, 0.1) is 11.1 Å². The molecule has 1 nitrogen and oxygen atoms in total. The summed E-state index contributed by atoms with van der Waals surface area (Å²) >= 11 is 0. The zero-order valence-electron chi connectivity index (χ0n) is 10.7. The highest BCUT2D eigenvalue weighted by Gasteiger charge is 2.41. The molecule has 0 unspecified atom stereocenters. The molecule has 1 aromatic rings. The first kappa shape index (κ1) is 16.1. The molecule has 2 rings (SSSR count). The Balaban J connectivity index is 2.51. The van der Waals surface area contributed by atoms with Gasteiger partial charge in [-0.15, -0.1) is 0 Å². The Bertz CT molecular complexity index is 529. The van der Waals surface area contributed by atoms with Crippen molar-refractivity contribution in [2.75, 3.05) is 0 Å². The number of hydrogen-bond donors (Lipinski definition) is 1. The van der Waals surface area contributed by atoms with Gasteiger partial charge in [-0.3, -0.25) is 0 Å². The lowest BCUT2D eigenvalue weighted by Gasteiger charge is -2.21. The van der Waals surface area contributed by atoms with E-state index in [9.17, 15) is 30.7 Å². The number of nitrogens with two attached hydrogens (primary N) is 1. The van der Waals surface area contributed by atoms with Crippen LogP contribution < -0.4 is 5.73 Å². The van der Waals surface area contributed by atoms with Crippen LogP contribution in [0.2, 0.25) is 0 Å². The lowest BCUT2D eigenvalue weighted by atomic mass is 9.94. The van der Waals surface area contributed by atoms with E-state index in [-0.39, 0.29) is 24.5 Å². The van der Waals surface area contributed by atoms with E-state index in [1.807, 2.05) is 0 Å². The van der Waals surface area contributed by atoms with Crippen molar-refractivity contribution in [1.29, 1.82) is 0 Å². The smallest absolute Gasteiger partial charge is 0.324 e. The largest absolute Gasteiger partial charge is 0.416 e. The van der Waals surface area contributed by atoms with Gasteiger partial charge < -0.3 is 5.73 Å². The molecule has 8 heteroatoms. The van der Waals surface area contributed by atoms with Crippen molar-refractivity contribution in [1.82, 2.24) is 0 Å². The van der Waals surface area contributed by atoms with Crippen LogP contribution in [0.4, 0.5) is 30.7 Å². The Morgan fingerprint density at radius 1 is 1.05 bits per heavy atom. The van der Waals surface area contributed by atoms with Crippen LogP contribution >= 0.6 is 0 Å². The van der Waals surface area contributed by atoms with Crippen molar-refractivity contribution >= 4 is 0 Å². The van der Waals surface area contributed by atoms with Crippen LogP contribution in [0.5, 0.6) is 0 Å². The fourth-order valence-corrected chi connectivity index (χ4v) is 2.22. The Morgan fingerprint density at radius 2 is 1.62 bits per heavy atom. The molecule has 1 aromatic carbocycles. The quantitative estimate of drug-likeness (QED) is 0.806. The van der Waals surface area contributed by atoms with Gasteiger partial charge in [0, 0.05) is 11.6 Å². The molecule has 1 saturated carbocycles. The second kappa shape index (κ2) is 5.15. The average molecular weight is 315 g/mol. The highest BCUT2D eigenvalue weighted by molar-refractivity contribution is 5.38. The first-order valence-corrected chi connectivity index (χ1v) is 6.23. The summed E-state index contributed by atoms with van der Waals surface area (Å²) in [6.07, 6.45) is -8.45. The number of rotatable bonds is 3. The molecular weight excluding hydrogens is 303 g/mol. The van der Waals surface area contributed by atoms with Gasteiger partial charge in [-0.25, -0.2) is 4.39 Å². The molecule has 1 atom stereocenters. The van der Waals surface area contributed by atoms with Crippen LogP contribution in [-0.4, -0.2) is 0 Å². The summed E-state index contributed by atoms with van der Waals surface area (Å²) in [6.45, 7) is 0. The van der Waals surface area contributed by atoms with Gasteiger partial charge in [-0.05, 0) is 24.5 Å². The topological polar surface area (TPSA) is 26.0 Å². The van der Waals surface area contributed by atoms with Crippen molar-refractivity contribution in [3.8, 4) is 0 Å². The van der Waals surface area contributed by atoms with Gasteiger partial charge in [-0.2, -0.15) is 26.3 Å². The zero-order valence-corrected chi connectivity index (χ0v) is 10.7. The van der Waals surface area contributed by atoms with Gasteiger partial charge in [0.25, 0.3) is 0 Å². The van der Waals surface area contributed by atoms with Crippen LogP contribution in [-0.2, 0) is 12.4 Å². The fraction of sp³-hybridized carbons (Fsp3) is 0.538. The lowest BCUT2D eigenvalue weighted by molar-refractivity contribution is -0.144. The Morgan fingerprint density at radius 3 is 2.05 bits per heavy atom. The monoisotopic (exact) mass is 315 g/mol. The Labute approximate surface area is 115 Å². The molecule has 0 saturated heterocycles. The third kappa shape index (κ3) is 3.66. The predicted molar refractivity (Wildman–Crippen MR) is 60.7 cm³/mol. The van der Waals surface area contributed by atoms with E-state index < -0.39 is 40.9 Å². The Hall–Kier alpha value is -1.31. The van der Waals surface area contributed by atoms with E-state index in [2.05, 4.69) is 0 Å². The highest BCUT2D eigenvalue weighted by atomic mass is 19.4. The van der Waals surface area contributed by atoms with E-state index in [1.165, 1.54) is 0 Å². The van der Waals surface area contributed by atoms with Gasteiger partial charge in [-0.1, -0.05) is 12.8 Å².